The highest BCUT2D eigenvalue weighted by Gasteiger charge is 2.52. The smallest absolute Gasteiger partial charge is 0.243 e. The molecule has 1 aliphatic carbocycles. The Labute approximate surface area is 232 Å². The van der Waals surface area contributed by atoms with Crippen LogP contribution in [-0.4, -0.2) is 52.3 Å². The molecule has 0 saturated carbocycles. The van der Waals surface area contributed by atoms with E-state index in [4.69, 9.17) is 0 Å². The Morgan fingerprint density at radius 2 is 1.73 bits per heavy atom. The molecular formula is C32H32F2N4O2. The number of aromatic nitrogens is 1. The maximum Gasteiger partial charge on any atom is 0.243 e. The third-order valence-electron chi connectivity index (χ3n) is 9.15. The zero-order valence-corrected chi connectivity index (χ0v) is 23.1. The Bertz CT molecular complexity index is 1560. The Morgan fingerprint density at radius 3 is 2.48 bits per heavy atom. The van der Waals surface area contributed by atoms with E-state index in [2.05, 4.69) is 22.4 Å². The number of fused-ring (bicyclic) bond motifs is 3. The number of likely N-dealkylation sites (N-methyl/N-ethyl adjacent to an activating group) is 1. The van der Waals surface area contributed by atoms with Gasteiger partial charge in [0, 0.05) is 30.9 Å². The second-order valence-electron chi connectivity index (χ2n) is 12.0. The average molecular weight is 543 g/mol. The van der Waals surface area contributed by atoms with Crippen LogP contribution in [0.25, 0.3) is 6.08 Å². The number of hydrogen-bond acceptors (Lipinski definition) is 4. The molecule has 40 heavy (non-hydrogen) atoms. The predicted molar refractivity (Wildman–Crippen MR) is 150 cm³/mol. The molecule has 0 unspecified atom stereocenters. The number of nitrogens with one attached hydrogen (secondary N) is 1. The fourth-order valence-corrected chi connectivity index (χ4v) is 6.54. The lowest BCUT2D eigenvalue weighted by molar-refractivity contribution is -0.159. The Balaban J connectivity index is 1.27. The molecule has 6 nitrogen and oxygen atoms in total. The Hall–Kier alpha value is -3.91. The summed E-state index contributed by atoms with van der Waals surface area (Å²) in [5.74, 6) is -0.831. The molecule has 2 aliphatic heterocycles. The highest BCUT2D eigenvalue weighted by Crippen LogP contribution is 2.46. The van der Waals surface area contributed by atoms with E-state index >= 15 is 0 Å². The molecule has 206 valence electrons. The summed E-state index contributed by atoms with van der Waals surface area (Å²) in [5, 5.41) is 2.94. The number of halogens is 2. The molecule has 3 heterocycles. The second-order valence-corrected chi connectivity index (χ2v) is 12.0. The van der Waals surface area contributed by atoms with Gasteiger partial charge in [0.15, 0.2) is 0 Å². The van der Waals surface area contributed by atoms with Gasteiger partial charge in [0.1, 0.15) is 17.5 Å². The molecular weight excluding hydrogens is 510 g/mol. The van der Waals surface area contributed by atoms with Crippen LogP contribution in [0.4, 0.5) is 14.6 Å². The summed E-state index contributed by atoms with van der Waals surface area (Å²) in [6, 6.07) is 13.5. The van der Waals surface area contributed by atoms with E-state index in [0.29, 0.717) is 30.8 Å². The van der Waals surface area contributed by atoms with Gasteiger partial charge in [-0.3, -0.25) is 14.5 Å². The van der Waals surface area contributed by atoms with Crippen LogP contribution in [0.3, 0.4) is 0 Å². The predicted octanol–water partition coefficient (Wildman–Crippen LogP) is 4.83. The van der Waals surface area contributed by atoms with Gasteiger partial charge >= 0.3 is 0 Å². The number of anilines is 1. The van der Waals surface area contributed by atoms with Gasteiger partial charge in [-0.05, 0) is 81.1 Å². The number of carbonyl (C=O) groups excluding carboxylic acids is 2. The molecule has 2 aromatic carbocycles. The Kier molecular flexibility index (Phi) is 5.96. The van der Waals surface area contributed by atoms with Crippen molar-refractivity contribution in [1.82, 2.24) is 14.8 Å². The molecule has 1 aromatic heterocycles. The molecule has 1 N–H and O–H groups in total. The monoisotopic (exact) mass is 542 g/mol. The van der Waals surface area contributed by atoms with Crippen LogP contribution in [0.2, 0.25) is 0 Å². The zero-order chi connectivity index (χ0) is 28.4. The molecule has 8 heteroatoms. The van der Waals surface area contributed by atoms with Gasteiger partial charge in [-0.2, -0.15) is 0 Å². The second kappa shape index (κ2) is 9.06. The van der Waals surface area contributed by atoms with Crippen molar-refractivity contribution < 1.29 is 18.4 Å². The SMILES string of the molecule is CN1C[C@@](C)(c2cc(F)cc(F)c2)N(C/C=C/c2ccc3c(c2)C[C@@]2(C3)C(=O)Nc3ncccc32)C(=O)C1(C)C. The molecule has 2 amide bonds. The van der Waals surface area contributed by atoms with Gasteiger partial charge in [0.05, 0.1) is 16.5 Å². The van der Waals surface area contributed by atoms with Crippen LogP contribution in [0.5, 0.6) is 0 Å². The minimum Gasteiger partial charge on any atom is -0.327 e. The highest BCUT2D eigenvalue weighted by molar-refractivity contribution is 6.06. The first-order valence-corrected chi connectivity index (χ1v) is 13.5. The molecule has 1 fully saturated rings. The van der Waals surface area contributed by atoms with Crippen LogP contribution in [0.1, 0.15) is 48.6 Å². The lowest BCUT2D eigenvalue weighted by Crippen LogP contribution is -2.69. The number of piperazine rings is 1. The molecule has 1 spiro atoms. The van der Waals surface area contributed by atoms with Gasteiger partial charge in [-0.15, -0.1) is 0 Å². The van der Waals surface area contributed by atoms with Gasteiger partial charge in [-0.1, -0.05) is 36.4 Å². The third kappa shape index (κ3) is 3.96. The van der Waals surface area contributed by atoms with Crippen molar-refractivity contribution in [3.8, 4) is 0 Å². The lowest BCUT2D eigenvalue weighted by atomic mass is 9.79. The first-order valence-electron chi connectivity index (χ1n) is 13.5. The number of rotatable bonds is 4. The maximum atomic E-state index is 14.2. The largest absolute Gasteiger partial charge is 0.327 e. The van der Waals surface area contributed by atoms with Crippen molar-refractivity contribution in [1.29, 1.82) is 0 Å². The summed E-state index contributed by atoms with van der Waals surface area (Å²) in [6.07, 6.45) is 6.79. The van der Waals surface area contributed by atoms with E-state index in [1.807, 2.05) is 63.1 Å². The summed E-state index contributed by atoms with van der Waals surface area (Å²) in [4.78, 5) is 34.7. The van der Waals surface area contributed by atoms with Gasteiger partial charge in [0.2, 0.25) is 11.8 Å². The third-order valence-corrected chi connectivity index (χ3v) is 9.15. The van der Waals surface area contributed by atoms with E-state index in [0.717, 1.165) is 28.3 Å². The lowest BCUT2D eigenvalue weighted by Gasteiger charge is -2.54. The summed E-state index contributed by atoms with van der Waals surface area (Å²) in [5.41, 5.74) is 2.24. The highest BCUT2D eigenvalue weighted by atomic mass is 19.1. The van der Waals surface area contributed by atoms with Crippen LogP contribution in [0.15, 0.2) is 60.8 Å². The number of carbonyl (C=O) groups is 2. The van der Waals surface area contributed by atoms with Crippen molar-refractivity contribution in [3.63, 3.8) is 0 Å². The minimum atomic E-state index is -0.934. The number of hydrogen-bond donors (Lipinski definition) is 1. The fourth-order valence-electron chi connectivity index (χ4n) is 6.54. The van der Waals surface area contributed by atoms with E-state index in [9.17, 15) is 18.4 Å². The van der Waals surface area contributed by atoms with Crippen molar-refractivity contribution in [3.05, 3.63) is 100 Å². The van der Waals surface area contributed by atoms with E-state index in [-0.39, 0.29) is 18.4 Å². The van der Waals surface area contributed by atoms with E-state index in [1.165, 1.54) is 12.1 Å². The number of amides is 2. The van der Waals surface area contributed by atoms with Crippen molar-refractivity contribution in [2.45, 2.75) is 50.1 Å². The summed E-state index contributed by atoms with van der Waals surface area (Å²) >= 11 is 0. The molecule has 0 radical (unpaired) electrons. The normalized spacial score (nSPS) is 25.5. The van der Waals surface area contributed by atoms with E-state index in [1.54, 1.807) is 11.1 Å². The number of nitrogens with zero attached hydrogens (tertiary/aromatic N) is 3. The van der Waals surface area contributed by atoms with Gasteiger partial charge in [-0.25, -0.2) is 13.8 Å². The van der Waals surface area contributed by atoms with Crippen molar-refractivity contribution >= 4 is 23.7 Å². The first kappa shape index (κ1) is 26.3. The molecule has 3 aliphatic rings. The summed E-state index contributed by atoms with van der Waals surface area (Å²) < 4.78 is 28.5. The minimum absolute atomic E-state index is 0.0150. The maximum absolute atomic E-state index is 14.2. The molecule has 3 aromatic rings. The molecule has 2 atom stereocenters. The average Bonchev–Trinajstić information content (AvgIpc) is 3.41. The van der Waals surface area contributed by atoms with Crippen LogP contribution < -0.4 is 5.32 Å². The van der Waals surface area contributed by atoms with Crippen molar-refractivity contribution in [2.24, 2.45) is 0 Å². The van der Waals surface area contributed by atoms with Crippen LogP contribution >= 0.6 is 0 Å². The van der Waals surface area contributed by atoms with Gasteiger partial charge < -0.3 is 10.2 Å². The topological polar surface area (TPSA) is 65.5 Å². The van der Waals surface area contributed by atoms with E-state index < -0.39 is 28.1 Å². The van der Waals surface area contributed by atoms with Crippen molar-refractivity contribution in [2.75, 3.05) is 25.5 Å². The summed E-state index contributed by atoms with van der Waals surface area (Å²) in [6.45, 7) is 6.27. The Morgan fingerprint density at radius 1 is 1.00 bits per heavy atom. The first-order chi connectivity index (χ1) is 18.9. The fraction of sp³-hybridized carbons (Fsp3) is 0.344. The zero-order valence-electron chi connectivity index (χ0n) is 23.1. The van der Waals surface area contributed by atoms with Crippen LogP contribution in [0, 0.1) is 11.6 Å². The molecule has 1 saturated heterocycles. The molecule has 6 rings (SSSR count). The number of benzene rings is 2. The quantitative estimate of drug-likeness (QED) is 0.513. The van der Waals surface area contributed by atoms with Crippen LogP contribution in [-0.2, 0) is 33.4 Å². The number of pyridine rings is 1. The summed E-state index contributed by atoms with van der Waals surface area (Å²) in [7, 11) is 1.86. The molecule has 0 bridgehead atoms. The standard InChI is InChI=1S/C32H32F2N4O2/c1-30(2)29(40)38(31(3,19-37(30)4)23-14-24(33)16-25(34)15-23)12-6-7-20-9-10-21-17-32(18-22(21)13-20)26-8-5-11-35-27(26)36-28(32)39/h5-11,13-16H,12,17-19H2,1-4H3,(H,35,36,39)/b7-6+/t31-,32+/m0/s1. The van der Waals surface area contributed by atoms with Gasteiger partial charge in [0.25, 0.3) is 0 Å².